The summed E-state index contributed by atoms with van der Waals surface area (Å²) in [5.41, 5.74) is 2.83. The fraction of sp³-hybridized carbons (Fsp3) is 0.417. The summed E-state index contributed by atoms with van der Waals surface area (Å²) in [7, 11) is 1.64. The van der Waals surface area contributed by atoms with E-state index in [2.05, 4.69) is 24.4 Å². The fourth-order valence-electron chi connectivity index (χ4n) is 1.36. The third-order valence-electron chi connectivity index (χ3n) is 2.34. The van der Waals surface area contributed by atoms with Crippen molar-refractivity contribution in [3.05, 3.63) is 35.5 Å². The second kappa shape index (κ2) is 5.43. The van der Waals surface area contributed by atoms with Crippen LogP contribution in [0, 0.1) is 0 Å². The summed E-state index contributed by atoms with van der Waals surface area (Å²) in [6.45, 7) is 2.15. The molecule has 0 heterocycles. The van der Waals surface area contributed by atoms with Gasteiger partial charge >= 0.3 is 0 Å². The molecule has 1 rings (SSSR count). The molecule has 0 aromatic heterocycles. The lowest BCUT2D eigenvalue weighted by Crippen LogP contribution is -2.13. The number of nitrogens with one attached hydrogen (secondary N) is 1. The Labute approximate surface area is 85.4 Å². The van der Waals surface area contributed by atoms with Crippen LogP contribution in [0.5, 0.6) is 0 Å². The molecule has 0 saturated carbocycles. The zero-order valence-corrected chi connectivity index (χ0v) is 8.84. The second-order valence-corrected chi connectivity index (χ2v) is 3.56. The van der Waals surface area contributed by atoms with Gasteiger partial charge in [0, 0.05) is 7.05 Å². The molecule has 1 aliphatic carbocycles. The van der Waals surface area contributed by atoms with Crippen LogP contribution in [0.4, 0.5) is 0 Å². The SMILES string of the molecule is CNC(=O)/C=C\CC1=CC=C(C)CC1. The van der Waals surface area contributed by atoms with E-state index in [1.165, 1.54) is 11.1 Å². The molecular formula is C12H17NO. The van der Waals surface area contributed by atoms with Crippen LogP contribution >= 0.6 is 0 Å². The van der Waals surface area contributed by atoms with E-state index >= 15 is 0 Å². The number of amides is 1. The van der Waals surface area contributed by atoms with Crippen LogP contribution in [-0.2, 0) is 4.79 Å². The van der Waals surface area contributed by atoms with E-state index in [0.717, 1.165) is 19.3 Å². The molecule has 1 N–H and O–H groups in total. The first-order valence-electron chi connectivity index (χ1n) is 4.96. The van der Waals surface area contributed by atoms with E-state index in [4.69, 9.17) is 0 Å². The lowest BCUT2D eigenvalue weighted by molar-refractivity contribution is -0.116. The van der Waals surface area contributed by atoms with Crippen molar-refractivity contribution in [2.24, 2.45) is 0 Å². The van der Waals surface area contributed by atoms with Crippen molar-refractivity contribution in [3.8, 4) is 0 Å². The van der Waals surface area contributed by atoms with Crippen LogP contribution in [0.2, 0.25) is 0 Å². The molecule has 0 aromatic carbocycles. The minimum absolute atomic E-state index is 0.0341. The zero-order valence-electron chi connectivity index (χ0n) is 8.84. The largest absolute Gasteiger partial charge is 0.356 e. The monoisotopic (exact) mass is 191 g/mol. The third kappa shape index (κ3) is 3.60. The predicted octanol–water partition coefficient (Wildman–Crippen LogP) is 2.35. The minimum atomic E-state index is -0.0341. The first-order valence-corrected chi connectivity index (χ1v) is 4.96. The predicted molar refractivity (Wildman–Crippen MR) is 58.9 cm³/mol. The summed E-state index contributed by atoms with van der Waals surface area (Å²) in [6, 6.07) is 0. The Kier molecular flexibility index (Phi) is 4.17. The van der Waals surface area contributed by atoms with Crippen molar-refractivity contribution >= 4 is 5.91 Å². The molecule has 0 unspecified atom stereocenters. The molecule has 2 nitrogen and oxygen atoms in total. The van der Waals surface area contributed by atoms with Gasteiger partial charge in [-0.2, -0.15) is 0 Å². The molecule has 2 heteroatoms. The first-order chi connectivity index (χ1) is 6.72. The highest BCUT2D eigenvalue weighted by atomic mass is 16.1. The Bertz CT molecular complexity index is 297. The number of allylic oxidation sites excluding steroid dienone is 5. The van der Waals surface area contributed by atoms with E-state index in [1.807, 2.05) is 6.08 Å². The van der Waals surface area contributed by atoms with E-state index in [0.29, 0.717) is 0 Å². The van der Waals surface area contributed by atoms with Crippen LogP contribution in [0.1, 0.15) is 26.2 Å². The van der Waals surface area contributed by atoms with Gasteiger partial charge in [0.25, 0.3) is 0 Å². The Hall–Kier alpha value is -1.31. The smallest absolute Gasteiger partial charge is 0.243 e. The number of hydrogen-bond donors (Lipinski definition) is 1. The second-order valence-electron chi connectivity index (χ2n) is 3.56. The van der Waals surface area contributed by atoms with Crippen molar-refractivity contribution in [2.45, 2.75) is 26.2 Å². The van der Waals surface area contributed by atoms with Crippen molar-refractivity contribution in [1.29, 1.82) is 0 Å². The van der Waals surface area contributed by atoms with Crippen molar-refractivity contribution < 1.29 is 4.79 Å². The Balaban J connectivity index is 2.39. The molecule has 0 atom stereocenters. The molecule has 0 saturated heterocycles. The number of carbonyl (C=O) groups is 1. The van der Waals surface area contributed by atoms with Gasteiger partial charge in [-0.25, -0.2) is 0 Å². The molecule has 1 amide bonds. The first kappa shape index (κ1) is 10.8. The molecule has 0 aromatic rings. The molecule has 0 spiro atoms. The molecule has 0 fully saturated rings. The van der Waals surface area contributed by atoms with Crippen LogP contribution < -0.4 is 5.32 Å². The van der Waals surface area contributed by atoms with Gasteiger partial charge in [0.2, 0.25) is 5.91 Å². The van der Waals surface area contributed by atoms with Gasteiger partial charge < -0.3 is 5.32 Å². The third-order valence-corrected chi connectivity index (χ3v) is 2.34. The van der Waals surface area contributed by atoms with Gasteiger partial charge in [-0.05, 0) is 32.3 Å². The summed E-state index contributed by atoms with van der Waals surface area (Å²) < 4.78 is 0. The standard InChI is InChI=1S/C12H17NO/c1-10-6-8-11(9-7-10)4-3-5-12(14)13-2/h3,5-6,8H,4,7,9H2,1-2H3,(H,13,14)/b5-3-. The zero-order chi connectivity index (χ0) is 10.4. The van der Waals surface area contributed by atoms with E-state index in [-0.39, 0.29) is 5.91 Å². The van der Waals surface area contributed by atoms with E-state index < -0.39 is 0 Å². The lowest BCUT2D eigenvalue weighted by atomic mass is 9.97. The van der Waals surface area contributed by atoms with Crippen LogP contribution in [-0.4, -0.2) is 13.0 Å². The summed E-state index contributed by atoms with van der Waals surface area (Å²) in [5, 5.41) is 2.55. The average molecular weight is 191 g/mol. The maximum Gasteiger partial charge on any atom is 0.243 e. The molecule has 76 valence electrons. The minimum Gasteiger partial charge on any atom is -0.356 e. The fourth-order valence-corrected chi connectivity index (χ4v) is 1.36. The molecule has 1 aliphatic rings. The van der Waals surface area contributed by atoms with Crippen LogP contribution in [0.25, 0.3) is 0 Å². The highest BCUT2D eigenvalue weighted by Crippen LogP contribution is 2.20. The van der Waals surface area contributed by atoms with Crippen molar-refractivity contribution in [2.75, 3.05) is 7.05 Å². The van der Waals surface area contributed by atoms with Crippen LogP contribution in [0.3, 0.4) is 0 Å². The molecule has 0 radical (unpaired) electrons. The number of carbonyl (C=O) groups excluding carboxylic acids is 1. The maximum atomic E-state index is 10.9. The molecule has 14 heavy (non-hydrogen) atoms. The summed E-state index contributed by atoms with van der Waals surface area (Å²) >= 11 is 0. The Morgan fingerprint density at radius 2 is 2.29 bits per heavy atom. The Morgan fingerprint density at radius 1 is 1.50 bits per heavy atom. The van der Waals surface area contributed by atoms with Gasteiger partial charge in [0.05, 0.1) is 0 Å². The van der Waals surface area contributed by atoms with Gasteiger partial charge in [0.15, 0.2) is 0 Å². The Morgan fingerprint density at radius 3 is 2.86 bits per heavy atom. The number of rotatable bonds is 3. The van der Waals surface area contributed by atoms with Crippen molar-refractivity contribution in [1.82, 2.24) is 5.32 Å². The number of likely N-dealkylation sites (N-methyl/N-ethyl adjacent to an activating group) is 1. The average Bonchev–Trinajstić information content (AvgIpc) is 2.21. The van der Waals surface area contributed by atoms with Gasteiger partial charge in [0.1, 0.15) is 0 Å². The molecular weight excluding hydrogens is 174 g/mol. The van der Waals surface area contributed by atoms with Crippen LogP contribution in [0.15, 0.2) is 35.5 Å². The van der Waals surface area contributed by atoms with E-state index in [1.54, 1.807) is 13.1 Å². The van der Waals surface area contributed by atoms with Gasteiger partial charge in [-0.1, -0.05) is 29.4 Å². The summed E-state index contributed by atoms with van der Waals surface area (Å²) in [5.74, 6) is -0.0341. The highest BCUT2D eigenvalue weighted by molar-refractivity contribution is 5.87. The van der Waals surface area contributed by atoms with Gasteiger partial charge in [-0.15, -0.1) is 0 Å². The number of hydrogen-bond acceptors (Lipinski definition) is 1. The topological polar surface area (TPSA) is 29.1 Å². The molecule has 0 bridgehead atoms. The summed E-state index contributed by atoms with van der Waals surface area (Å²) in [4.78, 5) is 10.9. The van der Waals surface area contributed by atoms with Crippen molar-refractivity contribution in [3.63, 3.8) is 0 Å². The van der Waals surface area contributed by atoms with E-state index in [9.17, 15) is 4.79 Å². The van der Waals surface area contributed by atoms with Gasteiger partial charge in [-0.3, -0.25) is 4.79 Å². The maximum absolute atomic E-state index is 10.9. The normalized spacial score (nSPS) is 16.4. The quantitative estimate of drug-likeness (QED) is 0.682. The highest BCUT2D eigenvalue weighted by Gasteiger charge is 2.01. The summed E-state index contributed by atoms with van der Waals surface area (Å²) in [6.07, 6.45) is 11.0. The molecule has 0 aliphatic heterocycles. The lowest BCUT2D eigenvalue weighted by Gasteiger charge is -2.09.